The van der Waals surface area contributed by atoms with E-state index in [1.54, 1.807) is 18.4 Å². The summed E-state index contributed by atoms with van der Waals surface area (Å²) in [6.45, 7) is 2.16. The van der Waals surface area contributed by atoms with Gasteiger partial charge in [-0.1, -0.05) is 18.3 Å². The number of rotatable bonds is 4. The molecule has 3 aromatic rings. The minimum absolute atomic E-state index is 0.855. The van der Waals surface area contributed by atoms with Gasteiger partial charge < -0.3 is 4.74 Å². The predicted molar refractivity (Wildman–Crippen MR) is 76.8 cm³/mol. The number of methoxy groups -OCH3 is 1. The number of aromatic nitrogens is 3. The third-order valence-electron chi connectivity index (χ3n) is 2.93. The van der Waals surface area contributed by atoms with E-state index in [0.29, 0.717) is 0 Å². The molecule has 0 atom stereocenters. The summed E-state index contributed by atoms with van der Waals surface area (Å²) in [6, 6.07) is 7.91. The highest BCUT2D eigenvalue weighted by Crippen LogP contribution is 2.24. The lowest BCUT2D eigenvalue weighted by Crippen LogP contribution is -1.85. The standard InChI is InChI=1S/C14H15N3OS/c1-3-4-13-16-17-9-12(15-14(17)19-13)10-5-7-11(18-2)8-6-10/h5-9H,3-4H2,1-2H3. The van der Waals surface area contributed by atoms with E-state index >= 15 is 0 Å². The Morgan fingerprint density at radius 2 is 2.05 bits per heavy atom. The molecule has 2 aromatic heterocycles. The molecule has 98 valence electrons. The molecular weight excluding hydrogens is 258 g/mol. The second-order valence-corrected chi connectivity index (χ2v) is 5.37. The van der Waals surface area contributed by atoms with Crippen molar-refractivity contribution >= 4 is 16.3 Å². The number of hydrogen-bond donors (Lipinski definition) is 0. The monoisotopic (exact) mass is 273 g/mol. The van der Waals surface area contributed by atoms with Crippen molar-refractivity contribution in [3.05, 3.63) is 35.5 Å². The highest BCUT2D eigenvalue weighted by molar-refractivity contribution is 7.16. The Bertz CT molecular complexity index is 653. The summed E-state index contributed by atoms with van der Waals surface area (Å²) in [7, 11) is 1.67. The fourth-order valence-electron chi connectivity index (χ4n) is 1.96. The zero-order valence-corrected chi connectivity index (χ0v) is 11.8. The van der Waals surface area contributed by atoms with Gasteiger partial charge in [0.05, 0.1) is 19.0 Å². The first kappa shape index (κ1) is 12.2. The van der Waals surface area contributed by atoms with Crippen molar-refractivity contribution in [3.63, 3.8) is 0 Å². The minimum atomic E-state index is 0.855. The summed E-state index contributed by atoms with van der Waals surface area (Å²) in [5.74, 6) is 0.855. The highest BCUT2D eigenvalue weighted by Gasteiger charge is 2.09. The summed E-state index contributed by atoms with van der Waals surface area (Å²) in [5, 5.41) is 5.68. The lowest BCUT2D eigenvalue weighted by molar-refractivity contribution is 0.415. The largest absolute Gasteiger partial charge is 0.497 e. The maximum absolute atomic E-state index is 5.16. The molecule has 0 aliphatic carbocycles. The van der Waals surface area contributed by atoms with Crippen LogP contribution in [0.5, 0.6) is 5.75 Å². The Balaban J connectivity index is 1.93. The van der Waals surface area contributed by atoms with E-state index in [4.69, 9.17) is 4.74 Å². The Morgan fingerprint density at radius 1 is 1.26 bits per heavy atom. The van der Waals surface area contributed by atoms with Gasteiger partial charge in [-0.3, -0.25) is 0 Å². The Morgan fingerprint density at radius 3 is 2.68 bits per heavy atom. The molecule has 0 radical (unpaired) electrons. The van der Waals surface area contributed by atoms with Crippen LogP contribution in [0.1, 0.15) is 18.4 Å². The highest BCUT2D eigenvalue weighted by atomic mass is 32.1. The lowest BCUT2D eigenvalue weighted by Gasteiger charge is -2.00. The Labute approximate surface area is 115 Å². The van der Waals surface area contributed by atoms with Crippen LogP contribution in [0.4, 0.5) is 0 Å². The summed E-state index contributed by atoms with van der Waals surface area (Å²) >= 11 is 1.66. The maximum atomic E-state index is 5.16. The van der Waals surface area contributed by atoms with Crippen molar-refractivity contribution in [2.24, 2.45) is 0 Å². The van der Waals surface area contributed by atoms with Gasteiger partial charge in [0.15, 0.2) is 0 Å². The van der Waals surface area contributed by atoms with E-state index in [9.17, 15) is 0 Å². The maximum Gasteiger partial charge on any atom is 0.212 e. The Kier molecular flexibility index (Phi) is 3.21. The number of imidazole rings is 1. The topological polar surface area (TPSA) is 39.4 Å². The first-order chi connectivity index (χ1) is 9.30. The average Bonchev–Trinajstić information content (AvgIpc) is 2.97. The number of ether oxygens (including phenoxy) is 1. The molecule has 0 saturated carbocycles. The average molecular weight is 273 g/mol. The van der Waals surface area contributed by atoms with Gasteiger partial charge in [0.1, 0.15) is 10.8 Å². The molecule has 0 N–H and O–H groups in total. The predicted octanol–water partition coefficient (Wildman–Crippen LogP) is 3.42. The summed E-state index contributed by atoms with van der Waals surface area (Å²) in [6.07, 6.45) is 4.11. The van der Waals surface area contributed by atoms with Gasteiger partial charge in [0.2, 0.25) is 4.96 Å². The van der Waals surface area contributed by atoms with Crippen LogP contribution in [0.3, 0.4) is 0 Å². The van der Waals surface area contributed by atoms with Crippen LogP contribution in [0, 0.1) is 0 Å². The van der Waals surface area contributed by atoms with Crippen molar-refractivity contribution in [2.45, 2.75) is 19.8 Å². The molecule has 0 saturated heterocycles. The quantitative estimate of drug-likeness (QED) is 0.731. The van der Waals surface area contributed by atoms with Crippen LogP contribution in [0.2, 0.25) is 0 Å². The van der Waals surface area contributed by atoms with Gasteiger partial charge in [-0.2, -0.15) is 5.10 Å². The number of hydrogen-bond acceptors (Lipinski definition) is 4. The number of aryl methyl sites for hydroxylation is 1. The molecule has 5 heteroatoms. The molecular formula is C14H15N3OS. The summed E-state index contributed by atoms with van der Waals surface area (Å²) in [4.78, 5) is 5.57. The minimum Gasteiger partial charge on any atom is -0.497 e. The molecule has 0 bridgehead atoms. The fraction of sp³-hybridized carbons (Fsp3) is 0.286. The number of fused-ring (bicyclic) bond motifs is 1. The van der Waals surface area contributed by atoms with Gasteiger partial charge in [0, 0.05) is 12.0 Å². The van der Waals surface area contributed by atoms with Gasteiger partial charge >= 0.3 is 0 Å². The Hall–Kier alpha value is -1.88. The number of nitrogens with zero attached hydrogens (tertiary/aromatic N) is 3. The van der Waals surface area contributed by atoms with E-state index < -0.39 is 0 Å². The molecule has 0 aliphatic heterocycles. The third kappa shape index (κ3) is 2.33. The molecule has 0 fully saturated rings. The molecule has 19 heavy (non-hydrogen) atoms. The van der Waals surface area contributed by atoms with Gasteiger partial charge in [0.25, 0.3) is 0 Å². The molecule has 1 aromatic carbocycles. The summed E-state index contributed by atoms with van der Waals surface area (Å²) in [5.41, 5.74) is 2.03. The van der Waals surface area contributed by atoms with Crippen LogP contribution in [0.25, 0.3) is 16.2 Å². The molecule has 3 rings (SSSR count). The lowest BCUT2D eigenvalue weighted by atomic mass is 10.2. The molecule has 0 unspecified atom stereocenters. The van der Waals surface area contributed by atoms with Crippen molar-refractivity contribution in [1.82, 2.24) is 14.6 Å². The van der Waals surface area contributed by atoms with E-state index in [-0.39, 0.29) is 0 Å². The second-order valence-electron chi connectivity index (χ2n) is 4.33. The van der Waals surface area contributed by atoms with E-state index in [1.807, 2.05) is 35.0 Å². The van der Waals surface area contributed by atoms with Gasteiger partial charge in [-0.05, 0) is 30.7 Å². The van der Waals surface area contributed by atoms with Crippen molar-refractivity contribution in [3.8, 4) is 17.0 Å². The summed E-state index contributed by atoms with van der Waals surface area (Å²) < 4.78 is 7.03. The van der Waals surface area contributed by atoms with Gasteiger partial charge in [-0.15, -0.1) is 0 Å². The van der Waals surface area contributed by atoms with Crippen molar-refractivity contribution < 1.29 is 4.74 Å². The van der Waals surface area contributed by atoms with E-state index in [2.05, 4.69) is 17.0 Å². The first-order valence-corrected chi connectivity index (χ1v) is 7.11. The third-order valence-corrected chi connectivity index (χ3v) is 3.92. The smallest absolute Gasteiger partial charge is 0.212 e. The molecule has 0 amide bonds. The molecule has 2 heterocycles. The molecule has 0 spiro atoms. The SMILES string of the molecule is CCCc1nn2cc(-c3ccc(OC)cc3)nc2s1. The zero-order valence-electron chi connectivity index (χ0n) is 11.0. The molecule has 0 aliphatic rings. The fourth-order valence-corrected chi connectivity index (χ4v) is 2.93. The zero-order chi connectivity index (χ0) is 13.2. The van der Waals surface area contributed by atoms with Crippen LogP contribution >= 0.6 is 11.3 Å². The second kappa shape index (κ2) is 5.01. The van der Waals surface area contributed by atoms with Crippen LogP contribution in [0.15, 0.2) is 30.5 Å². The van der Waals surface area contributed by atoms with Crippen LogP contribution < -0.4 is 4.74 Å². The first-order valence-electron chi connectivity index (χ1n) is 6.29. The van der Waals surface area contributed by atoms with Crippen LogP contribution in [-0.4, -0.2) is 21.7 Å². The normalized spacial score (nSPS) is 11.1. The van der Waals surface area contributed by atoms with Crippen molar-refractivity contribution in [1.29, 1.82) is 0 Å². The van der Waals surface area contributed by atoms with E-state index in [1.165, 1.54) is 0 Å². The number of benzene rings is 1. The van der Waals surface area contributed by atoms with E-state index in [0.717, 1.165) is 39.8 Å². The van der Waals surface area contributed by atoms with Crippen molar-refractivity contribution in [2.75, 3.05) is 7.11 Å². The molecule has 4 nitrogen and oxygen atoms in total. The van der Waals surface area contributed by atoms with Gasteiger partial charge in [-0.25, -0.2) is 9.50 Å². The van der Waals surface area contributed by atoms with Crippen LogP contribution in [-0.2, 0) is 6.42 Å².